The minimum atomic E-state index is -1.74. The highest BCUT2D eigenvalue weighted by Crippen LogP contribution is 2.08. The Morgan fingerprint density at radius 1 is 0.346 bits per heavy atom. The van der Waals surface area contributed by atoms with E-state index < -0.39 is 117 Å². The highest BCUT2D eigenvalue weighted by molar-refractivity contribution is 5.57. The molecule has 0 fully saturated rings. The van der Waals surface area contributed by atoms with Gasteiger partial charge >= 0.3 is 0 Å². The average Bonchev–Trinajstić information content (AvgIpc) is 3.15. The number of carbonyl (C=O) groups is 4. The number of aldehydes is 4. The Morgan fingerprint density at radius 2 is 0.788 bits per heavy atom. The lowest BCUT2D eigenvalue weighted by Gasteiger charge is -2.23. The molecular weight excluding hydrogens is 720 g/mol. The molecule has 0 aliphatic rings. The van der Waals surface area contributed by atoms with Crippen LogP contribution in [-0.4, -0.2) is 251 Å². The van der Waals surface area contributed by atoms with Crippen LogP contribution in [0, 0.1) is 0 Å². The highest BCUT2D eigenvalue weighted by atomic mass is 16.4. The molecule has 52 heavy (non-hydrogen) atoms. The number of aliphatic hydroxyl groups is 20. The Balaban J connectivity index is -0.000000295. The minimum Gasteiger partial charge on any atom is -0.396 e. The smallest absolute Gasteiger partial charge is 0.151 e. The molecule has 0 radical (unpaired) electrons. The molecular formula is C28H56O24. The fourth-order valence-corrected chi connectivity index (χ4v) is 3.18. The van der Waals surface area contributed by atoms with Crippen molar-refractivity contribution in [2.45, 2.75) is 123 Å². The van der Waals surface area contributed by atoms with E-state index in [0.29, 0.717) is 0 Å². The minimum absolute atomic E-state index is 0.0551. The molecule has 0 aliphatic heterocycles. The van der Waals surface area contributed by atoms with E-state index in [1.165, 1.54) is 0 Å². The van der Waals surface area contributed by atoms with E-state index in [4.69, 9.17) is 102 Å². The van der Waals surface area contributed by atoms with Crippen molar-refractivity contribution >= 4 is 25.1 Å². The second-order valence-corrected chi connectivity index (χ2v) is 10.9. The van der Waals surface area contributed by atoms with Crippen LogP contribution in [0.1, 0.15) is 25.7 Å². The van der Waals surface area contributed by atoms with Crippen molar-refractivity contribution in [1.82, 2.24) is 0 Å². The molecule has 0 aromatic heterocycles. The van der Waals surface area contributed by atoms with E-state index in [1.54, 1.807) is 0 Å². The van der Waals surface area contributed by atoms with Crippen LogP contribution in [0.4, 0.5) is 0 Å². The van der Waals surface area contributed by atoms with Crippen LogP contribution in [0.3, 0.4) is 0 Å². The van der Waals surface area contributed by atoms with Crippen LogP contribution >= 0.6 is 0 Å². The molecule has 20 N–H and O–H groups in total. The van der Waals surface area contributed by atoms with Crippen molar-refractivity contribution in [3.8, 4) is 0 Å². The van der Waals surface area contributed by atoms with Crippen molar-refractivity contribution in [1.29, 1.82) is 0 Å². The second kappa shape index (κ2) is 33.4. The number of hydrogen-bond donors (Lipinski definition) is 20. The monoisotopic (exact) mass is 776 g/mol. The SMILES string of the molecule is O=CC(O)C(O)C(O)C(O)CCO.O=CC(O)C(O)C(O)CC(O)CO.O=CC(O)C(O)CC(O)C(O)CO.O=CC(O)CC(O)C(O)C(O)CO. The quantitative estimate of drug-likeness (QED) is 0.0405. The molecule has 0 saturated heterocycles. The van der Waals surface area contributed by atoms with Gasteiger partial charge in [-0.15, -0.1) is 0 Å². The summed E-state index contributed by atoms with van der Waals surface area (Å²) in [5, 5.41) is 176. The van der Waals surface area contributed by atoms with E-state index >= 15 is 0 Å². The van der Waals surface area contributed by atoms with Crippen molar-refractivity contribution in [3.05, 3.63) is 0 Å². The Kier molecular flexibility index (Phi) is 36.4. The van der Waals surface area contributed by atoms with Gasteiger partial charge in [0.15, 0.2) is 18.9 Å². The van der Waals surface area contributed by atoms with Crippen LogP contribution in [0.15, 0.2) is 0 Å². The van der Waals surface area contributed by atoms with Gasteiger partial charge < -0.3 is 121 Å². The van der Waals surface area contributed by atoms with Crippen LogP contribution in [-0.2, 0) is 19.2 Å². The molecule has 0 aromatic rings. The summed E-state index contributed by atoms with van der Waals surface area (Å²) in [6.07, 6.45) is -24.8. The Bertz CT molecular complexity index is 872. The lowest BCUT2D eigenvalue weighted by Crippen LogP contribution is -2.45. The third kappa shape index (κ3) is 26.6. The summed E-state index contributed by atoms with van der Waals surface area (Å²) >= 11 is 0. The number of rotatable bonds is 24. The summed E-state index contributed by atoms with van der Waals surface area (Å²) in [4.78, 5) is 39.9. The third-order valence-corrected chi connectivity index (χ3v) is 6.53. The molecule has 0 spiro atoms. The van der Waals surface area contributed by atoms with E-state index in [0.717, 1.165) is 0 Å². The summed E-state index contributed by atoms with van der Waals surface area (Å²) in [6, 6.07) is 0. The first-order chi connectivity index (χ1) is 24.1. The fourth-order valence-electron chi connectivity index (χ4n) is 3.18. The second-order valence-electron chi connectivity index (χ2n) is 10.9. The van der Waals surface area contributed by atoms with Gasteiger partial charge in [0.1, 0.15) is 67.3 Å². The lowest BCUT2D eigenvalue weighted by molar-refractivity contribution is -0.134. The summed E-state index contributed by atoms with van der Waals surface area (Å²) in [7, 11) is 0. The maximum atomic E-state index is 9.98. The van der Waals surface area contributed by atoms with Crippen molar-refractivity contribution in [3.63, 3.8) is 0 Å². The van der Waals surface area contributed by atoms with Gasteiger partial charge in [0.2, 0.25) is 0 Å². The first kappa shape index (κ1) is 56.6. The zero-order valence-electron chi connectivity index (χ0n) is 27.8. The van der Waals surface area contributed by atoms with Crippen molar-refractivity contribution in [2.75, 3.05) is 26.4 Å². The standard InChI is InChI=1S/4C7H14O6/c8-2-6(12)4(10)1-5(11)7(13)3-9;2*8-2-4(10)1-5(11)7(13)6(12)3-9;8-2-1-4(10)6(12)7(13)5(11)3-9/h2,4-7,9-13H,1,3H2;3-8,10-13H,1-2H2;2,4-7,9-13H,1,3H2;3-8,10-13H,1-2H2. The Morgan fingerprint density at radius 3 is 1.17 bits per heavy atom. The molecule has 0 aromatic carbocycles. The van der Waals surface area contributed by atoms with Crippen LogP contribution < -0.4 is 0 Å². The predicted octanol–water partition coefficient (Wildman–Crippen LogP) is -12.0. The molecule has 0 aliphatic carbocycles. The Labute approximate surface area is 296 Å². The summed E-state index contributed by atoms with van der Waals surface area (Å²) in [5.74, 6) is 0. The summed E-state index contributed by atoms with van der Waals surface area (Å²) < 4.78 is 0. The summed E-state index contributed by atoms with van der Waals surface area (Å²) in [6.45, 7) is -2.26. The number of carbonyl (C=O) groups excluding carboxylic acids is 4. The fraction of sp³-hybridized carbons (Fsp3) is 0.857. The zero-order chi connectivity index (χ0) is 41.7. The molecule has 16 unspecified atom stereocenters. The maximum Gasteiger partial charge on any atom is 0.151 e. The third-order valence-electron chi connectivity index (χ3n) is 6.53. The first-order valence-electron chi connectivity index (χ1n) is 15.3. The van der Waals surface area contributed by atoms with Gasteiger partial charge in [0.25, 0.3) is 0 Å². The van der Waals surface area contributed by atoms with Crippen LogP contribution in [0.5, 0.6) is 0 Å². The first-order valence-corrected chi connectivity index (χ1v) is 15.3. The zero-order valence-corrected chi connectivity index (χ0v) is 27.8. The van der Waals surface area contributed by atoms with Crippen molar-refractivity contribution < 1.29 is 121 Å². The highest BCUT2D eigenvalue weighted by Gasteiger charge is 2.30. The van der Waals surface area contributed by atoms with Crippen LogP contribution in [0.25, 0.3) is 0 Å². The molecule has 24 heteroatoms. The lowest BCUT2D eigenvalue weighted by atomic mass is 10.0. The Hall–Kier alpha value is -2.12. The van der Waals surface area contributed by atoms with Gasteiger partial charge in [-0.25, -0.2) is 0 Å². The molecule has 0 bridgehead atoms. The number of aliphatic hydroxyl groups excluding tert-OH is 20. The van der Waals surface area contributed by atoms with E-state index in [2.05, 4.69) is 0 Å². The average molecular weight is 777 g/mol. The molecule has 312 valence electrons. The van der Waals surface area contributed by atoms with E-state index in [9.17, 15) is 19.2 Å². The predicted molar refractivity (Wildman–Crippen MR) is 167 cm³/mol. The normalized spacial score (nSPS) is 20.4. The summed E-state index contributed by atoms with van der Waals surface area (Å²) in [5.41, 5.74) is 0. The molecule has 0 heterocycles. The van der Waals surface area contributed by atoms with Gasteiger partial charge in [0.05, 0.1) is 56.4 Å². The molecule has 24 nitrogen and oxygen atoms in total. The van der Waals surface area contributed by atoms with Crippen LogP contribution in [0.2, 0.25) is 0 Å². The van der Waals surface area contributed by atoms with Gasteiger partial charge in [-0.3, -0.25) is 0 Å². The van der Waals surface area contributed by atoms with Gasteiger partial charge in [-0.1, -0.05) is 0 Å². The van der Waals surface area contributed by atoms with Gasteiger partial charge in [0, 0.05) is 25.9 Å². The molecule has 16 atom stereocenters. The molecule has 0 saturated carbocycles. The topological polar surface area (TPSA) is 473 Å². The molecule has 0 rings (SSSR count). The maximum absolute atomic E-state index is 9.98. The van der Waals surface area contributed by atoms with Crippen molar-refractivity contribution in [2.24, 2.45) is 0 Å². The largest absolute Gasteiger partial charge is 0.396 e. The van der Waals surface area contributed by atoms with Gasteiger partial charge in [-0.2, -0.15) is 0 Å². The number of hydrogen-bond acceptors (Lipinski definition) is 24. The van der Waals surface area contributed by atoms with E-state index in [1.807, 2.05) is 0 Å². The van der Waals surface area contributed by atoms with Gasteiger partial charge in [-0.05, 0) is 6.42 Å². The van der Waals surface area contributed by atoms with E-state index in [-0.39, 0.29) is 57.4 Å². The molecule has 0 amide bonds.